The molecular formula is C31H45N3O. The van der Waals surface area contributed by atoms with Gasteiger partial charge in [0, 0.05) is 31.7 Å². The molecule has 4 nitrogen and oxygen atoms in total. The van der Waals surface area contributed by atoms with E-state index in [1.807, 2.05) is 6.07 Å². The first-order valence-corrected chi connectivity index (χ1v) is 13.8. The van der Waals surface area contributed by atoms with Crippen molar-refractivity contribution in [2.24, 2.45) is 5.92 Å². The largest absolute Gasteiger partial charge is 0.338 e. The maximum atomic E-state index is 13.2. The number of rotatable bonds is 7. The van der Waals surface area contributed by atoms with E-state index < -0.39 is 0 Å². The molecule has 0 bridgehead atoms. The van der Waals surface area contributed by atoms with Crippen LogP contribution >= 0.6 is 0 Å². The molecule has 1 heterocycles. The highest BCUT2D eigenvalue weighted by Gasteiger charge is 2.37. The first-order valence-electron chi connectivity index (χ1n) is 13.8. The summed E-state index contributed by atoms with van der Waals surface area (Å²) in [6.07, 6.45) is 10.3. The molecule has 1 aliphatic heterocycles. The number of carbonyl (C=O) groups is 1. The summed E-state index contributed by atoms with van der Waals surface area (Å²) >= 11 is 0. The van der Waals surface area contributed by atoms with Crippen molar-refractivity contribution < 1.29 is 4.79 Å². The molecule has 2 aliphatic carbocycles. The fraction of sp³-hybridized carbons (Fsp3) is 0.581. The SMILES string of the molecule is CN(C)Cc1ccccc1.Cc1ccccc1CN(CC(=O)N1CCCC2CCCCC21)C1CC1. The molecule has 2 atom stereocenters. The van der Waals surface area contributed by atoms with E-state index in [1.165, 1.54) is 68.1 Å². The number of hydrogen-bond donors (Lipinski definition) is 0. The second-order valence-electron chi connectivity index (χ2n) is 11.1. The van der Waals surface area contributed by atoms with Gasteiger partial charge in [-0.1, -0.05) is 67.4 Å². The Balaban J connectivity index is 0.000000243. The number of piperidine rings is 1. The van der Waals surface area contributed by atoms with Crippen molar-refractivity contribution in [2.45, 2.75) is 83.5 Å². The zero-order valence-corrected chi connectivity index (χ0v) is 22.2. The Bertz CT molecular complexity index is 922. The Morgan fingerprint density at radius 1 is 0.857 bits per heavy atom. The molecule has 2 aromatic rings. The van der Waals surface area contributed by atoms with Crippen LogP contribution in [0.4, 0.5) is 0 Å². The molecule has 0 radical (unpaired) electrons. The second kappa shape index (κ2) is 12.7. The number of hydrogen-bond acceptors (Lipinski definition) is 3. The van der Waals surface area contributed by atoms with Crippen molar-refractivity contribution in [1.82, 2.24) is 14.7 Å². The summed E-state index contributed by atoms with van der Waals surface area (Å²) in [6, 6.07) is 20.2. The average Bonchev–Trinajstić information content (AvgIpc) is 3.71. The van der Waals surface area contributed by atoms with E-state index in [1.54, 1.807) is 0 Å². The van der Waals surface area contributed by atoms with Crippen LogP contribution in [0.15, 0.2) is 54.6 Å². The molecule has 2 saturated carbocycles. The van der Waals surface area contributed by atoms with Gasteiger partial charge in [0.25, 0.3) is 0 Å². The van der Waals surface area contributed by atoms with Crippen LogP contribution in [-0.2, 0) is 17.9 Å². The maximum Gasteiger partial charge on any atom is 0.237 e. The predicted molar refractivity (Wildman–Crippen MR) is 145 cm³/mol. The Morgan fingerprint density at radius 2 is 1.54 bits per heavy atom. The number of amides is 1. The third-order valence-electron chi connectivity index (χ3n) is 7.94. The van der Waals surface area contributed by atoms with Gasteiger partial charge in [0.15, 0.2) is 0 Å². The number of carbonyl (C=O) groups excluding carboxylic acids is 1. The van der Waals surface area contributed by atoms with Gasteiger partial charge in [-0.25, -0.2) is 0 Å². The van der Waals surface area contributed by atoms with E-state index in [-0.39, 0.29) is 0 Å². The van der Waals surface area contributed by atoms with Gasteiger partial charge in [-0.3, -0.25) is 9.69 Å². The number of aryl methyl sites for hydroxylation is 1. The summed E-state index contributed by atoms with van der Waals surface area (Å²) in [7, 11) is 4.15. The molecule has 0 aromatic heterocycles. The summed E-state index contributed by atoms with van der Waals surface area (Å²) in [5, 5.41) is 0. The fourth-order valence-electron chi connectivity index (χ4n) is 5.91. The maximum absolute atomic E-state index is 13.2. The number of likely N-dealkylation sites (tertiary alicyclic amines) is 1. The third kappa shape index (κ3) is 7.65. The molecule has 0 spiro atoms. The van der Waals surface area contributed by atoms with Crippen molar-refractivity contribution in [3.05, 3.63) is 71.3 Å². The zero-order valence-electron chi connectivity index (χ0n) is 22.2. The van der Waals surface area contributed by atoms with Gasteiger partial charge in [0.1, 0.15) is 0 Å². The Kier molecular flexibility index (Phi) is 9.39. The van der Waals surface area contributed by atoms with E-state index in [2.05, 4.69) is 84.2 Å². The fourth-order valence-corrected chi connectivity index (χ4v) is 5.91. The van der Waals surface area contributed by atoms with Crippen LogP contribution < -0.4 is 0 Å². The highest BCUT2D eigenvalue weighted by molar-refractivity contribution is 5.79. The second-order valence-corrected chi connectivity index (χ2v) is 11.1. The number of benzene rings is 2. The highest BCUT2D eigenvalue weighted by Crippen LogP contribution is 2.36. The van der Waals surface area contributed by atoms with Gasteiger partial charge in [-0.15, -0.1) is 0 Å². The van der Waals surface area contributed by atoms with Crippen LogP contribution in [0.1, 0.15) is 68.1 Å². The predicted octanol–water partition coefficient (Wildman–Crippen LogP) is 5.89. The monoisotopic (exact) mass is 475 g/mol. The molecule has 35 heavy (non-hydrogen) atoms. The van der Waals surface area contributed by atoms with Crippen molar-refractivity contribution >= 4 is 5.91 Å². The lowest BCUT2D eigenvalue weighted by atomic mass is 9.78. The molecule has 3 aliphatic rings. The minimum atomic E-state index is 0.386. The van der Waals surface area contributed by atoms with Gasteiger partial charge in [-0.2, -0.15) is 0 Å². The molecule has 2 unspecified atom stereocenters. The van der Waals surface area contributed by atoms with Crippen LogP contribution in [0.2, 0.25) is 0 Å². The van der Waals surface area contributed by atoms with Crippen molar-refractivity contribution in [3.8, 4) is 0 Å². The van der Waals surface area contributed by atoms with E-state index in [4.69, 9.17) is 0 Å². The summed E-state index contributed by atoms with van der Waals surface area (Å²) in [4.78, 5) is 20.0. The average molecular weight is 476 g/mol. The van der Waals surface area contributed by atoms with Gasteiger partial charge in [-0.05, 0) is 82.2 Å². The van der Waals surface area contributed by atoms with Crippen LogP contribution in [0.5, 0.6) is 0 Å². The van der Waals surface area contributed by atoms with E-state index in [9.17, 15) is 4.79 Å². The lowest BCUT2D eigenvalue weighted by Gasteiger charge is -2.44. The molecule has 190 valence electrons. The molecule has 5 rings (SSSR count). The lowest BCUT2D eigenvalue weighted by Crippen LogP contribution is -2.52. The van der Waals surface area contributed by atoms with E-state index in [0.29, 0.717) is 24.5 Å². The highest BCUT2D eigenvalue weighted by atomic mass is 16.2. The number of fused-ring (bicyclic) bond motifs is 1. The van der Waals surface area contributed by atoms with E-state index >= 15 is 0 Å². The first kappa shape index (κ1) is 25.9. The molecule has 4 heteroatoms. The van der Waals surface area contributed by atoms with Crippen molar-refractivity contribution in [1.29, 1.82) is 0 Å². The van der Waals surface area contributed by atoms with Crippen molar-refractivity contribution in [2.75, 3.05) is 27.2 Å². The van der Waals surface area contributed by atoms with Gasteiger partial charge in [0.05, 0.1) is 6.54 Å². The summed E-state index contributed by atoms with van der Waals surface area (Å²) in [5.74, 6) is 1.16. The summed E-state index contributed by atoms with van der Waals surface area (Å²) < 4.78 is 0. The zero-order chi connectivity index (χ0) is 24.6. The van der Waals surface area contributed by atoms with Crippen LogP contribution in [0.25, 0.3) is 0 Å². The van der Waals surface area contributed by atoms with Gasteiger partial charge in [0.2, 0.25) is 5.91 Å². The smallest absolute Gasteiger partial charge is 0.237 e. The topological polar surface area (TPSA) is 26.8 Å². The molecule has 1 amide bonds. The van der Waals surface area contributed by atoms with Gasteiger partial charge < -0.3 is 9.80 Å². The Labute approximate surface area is 213 Å². The Hall–Kier alpha value is -2.17. The van der Waals surface area contributed by atoms with Crippen LogP contribution in [0, 0.1) is 12.8 Å². The number of nitrogens with zero attached hydrogens (tertiary/aromatic N) is 3. The minimum absolute atomic E-state index is 0.386. The quantitative estimate of drug-likeness (QED) is 0.500. The molecule has 0 N–H and O–H groups in total. The van der Waals surface area contributed by atoms with Crippen LogP contribution in [-0.4, -0.2) is 59.9 Å². The Morgan fingerprint density at radius 3 is 2.26 bits per heavy atom. The molecule has 2 aromatic carbocycles. The van der Waals surface area contributed by atoms with Gasteiger partial charge >= 0.3 is 0 Å². The molecule has 3 fully saturated rings. The lowest BCUT2D eigenvalue weighted by molar-refractivity contribution is -0.139. The van der Waals surface area contributed by atoms with Crippen molar-refractivity contribution in [3.63, 3.8) is 0 Å². The summed E-state index contributed by atoms with van der Waals surface area (Å²) in [5.41, 5.74) is 4.08. The molecule has 1 saturated heterocycles. The normalized spacial score (nSPS) is 21.9. The summed E-state index contributed by atoms with van der Waals surface area (Å²) in [6.45, 7) is 5.73. The van der Waals surface area contributed by atoms with Crippen LogP contribution in [0.3, 0.4) is 0 Å². The molecular weight excluding hydrogens is 430 g/mol. The van der Waals surface area contributed by atoms with E-state index in [0.717, 1.165) is 25.6 Å². The first-order chi connectivity index (χ1) is 17.0. The standard InChI is InChI=1S/C22H32N2O.C9H13N/c1-17-7-2-3-9-19(17)15-23(20-12-13-20)16-22(25)24-14-6-10-18-8-4-5-11-21(18)24;1-10(2)8-9-6-4-3-5-7-9/h2-3,7,9,18,20-21H,4-6,8,10-16H2,1H3;3-7H,8H2,1-2H3. The minimum Gasteiger partial charge on any atom is -0.338 e. The third-order valence-corrected chi connectivity index (χ3v) is 7.94.